The zero-order chi connectivity index (χ0) is 20.2. The van der Waals surface area contributed by atoms with Crippen LogP contribution in [0.25, 0.3) is 22.0 Å². The predicted octanol–water partition coefficient (Wildman–Crippen LogP) is 5.03. The van der Waals surface area contributed by atoms with Crippen LogP contribution in [0.2, 0.25) is 0 Å². The van der Waals surface area contributed by atoms with Crippen LogP contribution in [0.3, 0.4) is 0 Å². The van der Waals surface area contributed by atoms with Gasteiger partial charge in [-0.2, -0.15) is 0 Å². The van der Waals surface area contributed by atoms with Gasteiger partial charge in [0.15, 0.2) is 0 Å². The molecule has 0 saturated heterocycles. The molecule has 4 aromatic rings. The zero-order valence-electron chi connectivity index (χ0n) is 16.8. The molecule has 6 heteroatoms. The molecule has 29 heavy (non-hydrogen) atoms. The number of hydrogen-bond donors (Lipinski definition) is 1. The monoisotopic (exact) mass is 388 g/mol. The van der Waals surface area contributed by atoms with E-state index in [2.05, 4.69) is 26.4 Å². The van der Waals surface area contributed by atoms with E-state index in [1.807, 2.05) is 69.6 Å². The standard InChI is InChI=1S/C23H24N4O2/c1-16(26-29-15-13-27(2)3)17-8-10-18(11-9-17)24-22-19-6-4-5-7-21(19)25-23-20(22)12-14-28-23/h4-12,14H,13,15H2,1-3H3,(H,24,25). The third kappa shape index (κ3) is 4.22. The molecule has 0 spiro atoms. The summed E-state index contributed by atoms with van der Waals surface area (Å²) in [5, 5.41) is 9.75. The van der Waals surface area contributed by atoms with Gasteiger partial charge < -0.3 is 19.5 Å². The normalized spacial score (nSPS) is 12.1. The van der Waals surface area contributed by atoms with Crippen molar-refractivity contribution >= 4 is 39.1 Å². The summed E-state index contributed by atoms with van der Waals surface area (Å²) in [4.78, 5) is 12.0. The van der Waals surface area contributed by atoms with Gasteiger partial charge in [0.05, 0.1) is 28.6 Å². The highest BCUT2D eigenvalue weighted by Gasteiger charge is 2.11. The molecule has 0 bridgehead atoms. The lowest BCUT2D eigenvalue weighted by molar-refractivity contribution is 0.126. The Morgan fingerprint density at radius 1 is 1.07 bits per heavy atom. The predicted molar refractivity (Wildman–Crippen MR) is 118 cm³/mol. The molecule has 2 aromatic carbocycles. The Morgan fingerprint density at radius 2 is 1.86 bits per heavy atom. The molecule has 0 aliphatic carbocycles. The SMILES string of the molecule is CC(=NOCCN(C)C)c1ccc(Nc2c3ccccc3nc3occc23)cc1. The Balaban J connectivity index is 1.56. The topological polar surface area (TPSA) is 62.9 Å². The van der Waals surface area contributed by atoms with Crippen molar-refractivity contribution in [1.82, 2.24) is 9.88 Å². The van der Waals surface area contributed by atoms with Crippen molar-refractivity contribution in [2.24, 2.45) is 5.16 Å². The van der Waals surface area contributed by atoms with Crippen molar-refractivity contribution in [2.45, 2.75) is 6.92 Å². The Labute approximate surface area is 169 Å². The number of likely N-dealkylation sites (N-methyl/N-ethyl adjacent to an activating group) is 1. The van der Waals surface area contributed by atoms with E-state index < -0.39 is 0 Å². The molecule has 1 N–H and O–H groups in total. The third-order valence-electron chi connectivity index (χ3n) is 4.71. The van der Waals surface area contributed by atoms with E-state index in [4.69, 9.17) is 9.25 Å². The van der Waals surface area contributed by atoms with Crippen molar-refractivity contribution in [3.63, 3.8) is 0 Å². The first-order chi connectivity index (χ1) is 14.1. The summed E-state index contributed by atoms with van der Waals surface area (Å²) in [6, 6.07) is 18.1. The van der Waals surface area contributed by atoms with E-state index >= 15 is 0 Å². The lowest BCUT2D eigenvalue weighted by atomic mass is 10.1. The van der Waals surface area contributed by atoms with Gasteiger partial charge in [-0.15, -0.1) is 0 Å². The number of nitrogens with zero attached hydrogens (tertiary/aromatic N) is 3. The number of benzene rings is 2. The minimum absolute atomic E-state index is 0.569. The maximum atomic E-state index is 5.53. The van der Waals surface area contributed by atoms with Crippen LogP contribution in [-0.4, -0.2) is 42.8 Å². The lowest BCUT2D eigenvalue weighted by Gasteiger charge is -2.12. The molecule has 0 radical (unpaired) electrons. The molecule has 0 aliphatic rings. The number of furan rings is 1. The minimum Gasteiger partial charge on any atom is -0.446 e. The van der Waals surface area contributed by atoms with Crippen LogP contribution in [-0.2, 0) is 4.84 Å². The van der Waals surface area contributed by atoms with Crippen LogP contribution in [0.15, 0.2) is 70.4 Å². The Kier molecular flexibility index (Phi) is 5.44. The maximum Gasteiger partial charge on any atom is 0.228 e. The average Bonchev–Trinajstić information content (AvgIpc) is 3.19. The molecule has 0 atom stereocenters. The second-order valence-corrected chi connectivity index (χ2v) is 7.16. The summed E-state index contributed by atoms with van der Waals surface area (Å²) in [7, 11) is 4.02. The van der Waals surface area contributed by atoms with Gasteiger partial charge in [0.25, 0.3) is 0 Å². The lowest BCUT2D eigenvalue weighted by Crippen LogP contribution is -2.17. The molecule has 0 saturated carbocycles. The molecule has 2 heterocycles. The number of aromatic nitrogens is 1. The first kappa shape index (κ1) is 19.0. The van der Waals surface area contributed by atoms with Crippen LogP contribution in [0.4, 0.5) is 11.4 Å². The average molecular weight is 388 g/mol. The highest BCUT2D eigenvalue weighted by molar-refractivity contribution is 6.07. The molecular formula is C23H24N4O2. The van der Waals surface area contributed by atoms with E-state index in [9.17, 15) is 0 Å². The number of hydrogen-bond acceptors (Lipinski definition) is 6. The number of para-hydroxylation sites is 1. The summed E-state index contributed by atoms with van der Waals surface area (Å²) >= 11 is 0. The van der Waals surface area contributed by atoms with E-state index in [0.717, 1.165) is 45.5 Å². The summed E-state index contributed by atoms with van der Waals surface area (Å²) in [5.74, 6) is 0. The van der Waals surface area contributed by atoms with Crippen molar-refractivity contribution in [1.29, 1.82) is 0 Å². The van der Waals surface area contributed by atoms with Crippen molar-refractivity contribution < 1.29 is 9.25 Å². The van der Waals surface area contributed by atoms with E-state index in [1.165, 1.54) is 0 Å². The quantitative estimate of drug-likeness (QED) is 0.273. The Hall–Kier alpha value is -3.38. The third-order valence-corrected chi connectivity index (χ3v) is 4.71. The molecule has 0 unspecified atom stereocenters. The second kappa shape index (κ2) is 8.32. The summed E-state index contributed by atoms with van der Waals surface area (Å²) in [6.45, 7) is 3.35. The molecule has 4 rings (SSSR count). The molecule has 0 fully saturated rings. The fourth-order valence-electron chi connectivity index (χ4n) is 3.11. The molecule has 0 aliphatic heterocycles. The van der Waals surface area contributed by atoms with Crippen LogP contribution in [0, 0.1) is 0 Å². The highest BCUT2D eigenvalue weighted by atomic mass is 16.6. The molecular weight excluding hydrogens is 364 g/mol. The van der Waals surface area contributed by atoms with E-state index in [0.29, 0.717) is 12.3 Å². The van der Waals surface area contributed by atoms with Gasteiger partial charge in [-0.05, 0) is 50.8 Å². The van der Waals surface area contributed by atoms with Crippen molar-refractivity contribution in [3.8, 4) is 0 Å². The van der Waals surface area contributed by atoms with Gasteiger partial charge in [-0.25, -0.2) is 4.98 Å². The number of nitrogens with one attached hydrogen (secondary N) is 1. The van der Waals surface area contributed by atoms with Gasteiger partial charge in [0.2, 0.25) is 5.71 Å². The van der Waals surface area contributed by atoms with Gasteiger partial charge in [0, 0.05) is 17.6 Å². The fraction of sp³-hybridized carbons (Fsp3) is 0.217. The minimum atomic E-state index is 0.569. The number of oxime groups is 1. The van der Waals surface area contributed by atoms with Gasteiger partial charge in [-0.1, -0.05) is 35.5 Å². The number of fused-ring (bicyclic) bond motifs is 2. The number of pyridine rings is 1. The zero-order valence-corrected chi connectivity index (χ0v) is 16.8. The first-order valence-corrected chi connectivity index (χ1v) is 9.56. The second-order valence-electron chi connectivity index (χ2n) is 7.16. The summed E-state index contributed by atoms with van der Waals surface area (Å²) in [5.41, 5.74) is 5.36. The molecule has 2 aromatic heterocycles. The first-order valence-electron chi connectivity index (χ1n) is 9.56. The summed E-state index contributed by atoms with van der Waals surface area (Å²) < 4.78 is 5.53. The van der Waals surface area contributed by atoms with Crippen LogP contribution < -0.4 is 5.32 Å². The van der Waals surface area contributed by atoms with Gasteiger partial charge in [0.1, 0.15) is 6.61 Å². The Bertz CT molecular complexity index is 1150. The number of rotatable bonds is 7. The van der Waals surface area contributed by atoms with E-state index in [-0.39, 0.29) is 0 Å². The smallest absolute Gasteiger partial charge is 0.228 e. The van der Waals surface area contributed by atoms with Crippen molar-refractivity contribution in [3.05, 3.63) is 66.4 Å². The highest BCUT2D eigenvalue weighted by Crippen LogP contribution is 2.33. The maximum absolute atomic E-state index is 5.53. The van der Waals surface area contributed by atoms with Crippen molar-refractivity contribution in [2.75, 3.05) is 32.6 Å². The molecule has 148 valence electrons. The van der Waals surface area contributed by atoms with Gasteiger partial charge >= 0.3 is 0 Å². The summed E-state index contributed by atoms with van der Waals surface area (Å²) in [6.07, 6.45) is 1.67. The fourth-order valence-corrected chi connectivity index (χ4v) is 3.11. The molecule has 0 amide bonds. The van der Waals surface area contributed by atoms with Crippen LogP contribution in [0.1, 0.15) is 12.5 Å². The number of anilines is 2. The molecule has 6 nitrogen and oxygen atoms in total. The van der Waals surface area contributed by atoms with E-state index in [1.54, 1.807) is 6.26 Å². The Morgan fingerprint density at radius 3 is 2.66 bits per heavy atom. The van der Waals surface area contributed by atoms with Gasteiger partial charge in [-0.3, -0.25) is 0 Å². The largest absolute Gasteiger partial charge is 0.446 e. The van der Waals surface area contributed by atoms with Crippen LogP contribution in [0.5, 0.6) is 0 Å². The van der Waals surface area contributed by atoms with Crippen LogP contribution >= 0.6 is 0 Å².